The van der Waals surface area contributed by atoms with Gasteiger partial charge in [0.2, 0.25) is 5.89 Å². The molecule has 0 bridgehead atoms. The number of rotatable bonds is 5. The van der Waals surface area contributed by atoms with Gasteiger partial charge in [-0.3, -0.25) is 0 Å². The number of benzene rings is 1. The van der Waals surface area contributed by atoms with E-state index in [0.717, 1.165) is 22.7 Å². The molecular formula is C19H28BrIN4O. The number of oxazole rings is 1. The molecule has 0 amide bonds. The van der Waals surface area contributed by atoms with E-state index in [9.17, 15) is 0 Å². The summed E-state index contributed by atoms with van der Waals surface area (Å²) in [6, 6.07) is 8.29. The molecule has 0 spiro atoms. The van der Waals surface area contributed by atoms with Gasteiger partial charge in [0, 0.05) is 16.4 Å². The largest absolute Gasteiger partial charge is 0.443 e. The number of guanidine groups is 1. The molecule has 144 valence electrons. The Balaban J connectivity index is 0.00000338. The summed E-state index contributed by atoms with van der Waals surface area (Å²) in [5.74, 6) is 2.23. The highest BCUT2D eigenvalue weighted by atomic mass is 127. The highest BCUT2D eigenvalue weighted by Crippen LogP contribution is 2.23. The first kappa shape index (κ1) is 23.0. The van der Waals surface area contributed by atoms with Crippen molar-refractivity contribution in [2.45, 2.75) is 52.6 Å². The molecule has 0 aliphatic heterocycles. The first-order valence-electron chi connectivity index (χ1n) is 8.55. The molecule has 1 atom stereocenters. The van der Waals surface area contributed by atoms with Crippen molar-refractivity contribution in [3.05, 3.63) is 52.1 Å². The van der Waals surface area contributed by atoms with E-state index in [1.807, 2.05) is 25.1 Å². The summed E-state index contributed by atoms with van der Waals surface area (Å²) < 4.78 is 6.88. The molecule has 2 N–H and O–H groups in total. The Morgan fingerprint density at radius 1 is 1.31 bits per heavy atom. The minimum Gasteiger partial charge on any atom is -0.443 e. The van der Waals surface area contributed by atoms with E-state index in [0.29, 0.717) is 12.4 Å². The van der Waals surface area contributed by atoms with Crippen molar-refractivity contribution in [1.29, 1.82) is 0 Å². The van der Waals surface area contributed by atoms with E-state index in [1.54, 1.807) is 6.20 Å². The lowest BCUT2D eigenvalue weighted by molar-refractivity contribution is 0.383. The molecule has 2 aromatic rings. The Kier molecular flexibility index (Phi) is 9.09. The number of aromatic nitrogens is 1. The average Bonchev–Trinajstić information content (AvgIpc) is 3.02. The molecule has 1 aromatic heterocycles. The van der Waals surface area contributed by atoms with E-state index in [-0.39, 0.29) is 35.4 Å². The quantitative estimate of drug-likeness (QED) is 0.315. The number of hydrogen-bond donors (Lipinski definition) is 2. The minimum absolute atomic E-state index is 0. The van der Waals surface area contributed by atoms with E-state index in [4.69, 9.17) is 4.42 Å². The lowest BCUT2D eigenvalue weighted by atomic mass is 9.94. The van der Waals surface area contributed by atoms with Crippen LogP contribution in [0.25, 0.3) is 0 Å². The number of hydrogen-bond acceptors (Lipinski definition) is 3. The van der Waals surface area contributed by atoms with Crippen LogP contribution in [0.4, 0.5) is 0 Å². The van der Waals surface area contributed by atoms with Crippen LogP contribution < -0.4 is 10.6 Å². The Morgan fingerprint density at radius 2 is 2.00 bits per heavy atom. The maximum atomic E-state index is 5.80. The summed E-state index contributed by atoms with van der Waals surface area (Å²) in [7, 11) is 0. The van der Waals surface area contributed by atoms with Crippen LogP contribution in [-0.4, -0.2) is 17.5 Å². The number of halogens is 2. The van der Waals surface area contributed by atoms with Crippen LogP contribution in [0.3, 0.4) is 0 Å². The molecule has 1 heterocycles. The van der Waals surface area contributed by atoms with Crippen LogP contribution in [0.15, 0.2) is 44.3 Å². The van der Waals surface area contributed by atoms with Crippen LogP contribution >= 0.6 is 39.9 Å². The van der Waals surface area contributed by atoms with E-state index in [2.05, 4.69) is 70.3 Å². The third-order valence-corrected chi connectivity index (χ3v) is 4.46. The summed E-state index contributed by atoms with van der Waals surface area (Å²) >= 11 is 3.60. The van der Waals surface area contributed by atoms with Crippen molar-refractivity contribution in [3.8, 4) is 0 Å². The highest BCUT2D eigenvalue weighted by molar-refractivity contribution is 14.0. The van der Waals surface area contributed by atoms with Gasteiger partial charge < -0.3 is 15.1 Å². The molecule has 1 unspecified atom stereocenters. The third-order valence-electron chi connectivity index (χ3n) is 3.73. The molecule has 7 heteroatoms. The highest BCUT2D eigenvalue weighted by Gasteiger charge is 2.19. The van der Waals surface area contributed by atoms with Crippen LogP contribution in [0, 0.1) is 0 Å². The third kappa shape index (κ3) is 6.57. The standard InChI is InChI=1S/C19H27BrN4O.HI/c1-6-21-18(24-13(2)14-9-7-8-10-15(14)20)23-12-17-22-11-16(25-17)19(3,4)5;/h7-11,13H,6,12H2,1-5H3,(H2,21,23,24);1H. The van der Waals surface area contributed by atoms with Crippen LogP contribution in [0.1, 0.15) is 57.9 Å². The van der Waals surface area contributed by atoms with Gasteiger partial charge in [0.1, 0.15) is 12.3 Å². The second-order valence-corrected chi connectivity index (χ2v) is 7.81. The fraction of sp³-hybridized carbons (Fsp3) is 0.474. The van der Waals surface area contributed by atoms with Crippen molar-refractivity contribution in [1.82, 2.24) is 15.6 Å². The van der Waals surface area contributed by atoms with E-state index >= 15 is 0 Å². The molecule has 5 nitrogen and oxygen atoms in total. The molecule has 0 aliphatic carbocycles. The second-order valence-electron chi connectivity index (χ2n) is 6.95. The van der Waals surface area contributed by atoms with Gasteiger partial charge in [-0.2, -0.15) is 0 Å². The van der Waals surface area contributed by atoms with Gasteiger partial charge in [0.25, 0.3) is 0 Å². The SMILES string of the molecule is CCNC(=NCc1ncc(C(C)(C)C)o1)NC(C)c1ccccc1Br.I. The van der Waals surface area contributed by atoms with Crippen LogP contribution in [-0.2, 0) is 12.0 Å². The molecule has 1 aromatic carbocycles. The van der Waals surface area contributed by atoms with Crippen molar-refractivity contribution in [3.63, 3.8) is 0 Å². The average molecular weight is 535 g/mol. The molecule has 0 aliphatic rings. The van der Waals surface area contributed by atoms with Gasteiger partial charge >= 0.3 is 0 Å². The van der Waals surface area contributed by atoms with E-state index in [1.165, 1.54) is 5.56 Å². The maximum Gasteiger partial charge on any atom is 0.216 e. The topological polar surface area (TPSA) is 62.5 Å². The van der Waals surface area contributed by atoms with Gasteiger partial charge in [0.15, 0.2) is 5.96 Å². The lowest BCUT2D eigenvalue weighted by Crippen LogP contribution is -2.38. The molecular weight excluding hydrogens is 507 g/mol. The maximum absolute atomic E-state index is 5.80. The molecule has 0 radical (unpaired) electrons. The minimum atomic E-state index is -0.0498. The summed E-state index contributed by atoms with van der Waals surface area (Å²) in [5, 5.41) is 6.69. The fourth-order valence-corrected chi connectivity index (χ4v) is 2.93. The summed E-state index contributed by atoms with van der Waals surface area (Å²) in [6.45, 7) is 11.6. The van der Waals surface area contributed by atoms with Gasteiger partial charge in [-0.1, -0.05) is 54.9 Å². The fourth-order valence-electron chi connectivity index (χ4n) is 2.31. The Labute approximate surface area is 181 Å². The van der Waals surface area contributed by atoms with Gasteiger partial charge in [-0.15, -0.1) is 24.0 Å². The molecule has 0 saturated carbocycles. The van der Waals surface area contributed by atoms with Gasteiger partial charge in [0.05, 0.1) is 12.2 Å². The second kappa shape index (κ2) is 10.3. The smallest absolute Gasteiger partial charge is 0.216 e. The van der Waals surface area contributed by atoms with Gasteiger partial charge in [-0.05, 0) is 25.5 Å². The zero-order chi connectivity index (χ0) is 18.4. The number of aliphatic imine (C=N–C) groups is 1. The Morgan fingerprint density at radius 3 is 2.58 bits per heavy atom. The van der Waals surface area contributed by atoms with Crippen LogP contribution in [0.5, 0.6) is 0 Å². The zero-order valence-corrected chi connectivity index (χ0v) is 19.9. The van der Waals surface area contributed by atoms with Crippen molar-refractivity contribution in [2.75, 3.05) is 6.54 Å². The van der Waals surface area contributed by atoms with Crippen molar-refractivity contribution in [2.24, 2.45) is 4.99 Å². The summed E-state index contributed by atoms with van der Waals surface area (Å²) in [6.07, 6.45) is 1.79. The monoisotopic (exact) mass is 534 g/mol. The van der Waals surface area contributed by atoms with Crippen LogP contribution in [0.2, 0.25) is 0 Å². The first-order chi connectivity index (χ1) is 11.8. The molecule has 26 heavy (non-hydrogen) atoms. The summed E-state index contributed by atoms with van der Waals surface area (Å²) in [4.78, 5) is 8.93. The predicted octanol–water partition coefficient (Wildman–Crippen LogP) is 5.17. The predicted molar refractivity (Wildman–Crippen MR) is 121 cm³/mol. The Hall–Kier alpha value is -1.09. The summed E-state index contributed by atoms with van der Waals surface area (Å²) in [5.41, 5.74) is 1.13. The van der Waals surface area contributed by atoms with Gasteiger partial charge in [-0.25, -0.2) is 9.98 Å². The molecule has 2 rings (SSSR count). The normalized spacial score (nSPS) is 13.1. The van der Waals surface area contributed by atoms with Crippen molar-refractivity contribution >= 4 is 45.9 Å². The molecule has 0 fully saturated rings. The zero-order valence-electron chi connectivity index (χ0n) is 16.0. The first-order valence-corrected chi connectivity index (χ1v) is 9.35. The van der Waals surface area contributed by atoms with Crippen molar-refractivity contribution < 1.29 is 4.42 Å². The lowest BCUT2D eigenvalue weighted by Gasteiger charge is -2.19. The molecule has 0 saturated heterocycles. The number of nitrogens with zero attached hydrogens (tertiary/aromatic N) is 2. The number of nitrogens with one attached hydrogen (secondary N) is 2. The Bertz CT molecular complexity index is 724. The van der Waals surface area contributed by atoms with E-state index < -0.39 is 0 Å².